The number of hydrogen-bond acceptors (Lipinski definition) is 20. The predicted octanol–water partition coefficient (Wildman–Crippen LogP) is 13.1. The first kappa shape index (κ1) is 117. The van der Waals surface area contributed by atoms with Crippen molar-refractivity contribution < 1.29 is 101 Å². The third-order valence-corrected chi connectivity index (χ3v) is 27.3. The molecule has 6 unspecified atom stereocenters. The van der Waals surface area contributed by atoms with Crippen molar-refractivity contribution in [3.05, 3.63) is 42.2 Å². The van der Waals surface area contributed by atoms with Crippen LogP contribution in [0.4, 0.5) is 0 Å². The first-order chi connectivity index (χ1) is 60.9. The number of carboxylic acid groups (broad SMARTS) is 1. The second kappa shape index (κ2) is 63.2. The summed E-state index contributed by atoms with van der Waals surface area (Å²) in [7, 11) is 3.90. The number of amides is 7. The quantitative estimate of drug-likeness (QED) is 0.0296. The van der Waals surface area contributed by atoms with E-state index in [2.05, 4.69) is 49.1 Å². The van der Waals surface area contributed by atoms with Crippen LogP contribution in [0.1, 0.15) is 371 Å². The fraction of sp³-hybridized carbons (Fsp3) is 0.743. The van der Waals surface area contributed by atoms with Crippen LogP contribution in [0.2, 0.25) is 0 Å². The van der Waals surface area contributed by atoms with Gasteiger partial charge in [-0.2, -0.15) is 0 Å². The Morgan fingerprint density at radius 3 is 0.969 bits per heavy atom. The molecule has 1 aromatic heterocycles. The van der Waals surface area contributed by atoms with Crippen molar-refractivity contribution in [3.8, 4) is 0 Å². The van der Waals surface area contributed by atoms with Crippen LogP contribution in [0, 0.1) is 59.2 Å². The molecule has 732 valence electrons. The molecule has 0 saturated heterocycles. The maximum Gasteiger partial charge on any atom is 0.306 e. The van der Waals surface area contributed by atoms with Crippen LogP contribution in [0.5, 0.6) is 0 Å². The lowest BCUT2D eigenvalue weighted by Gasteiger charge is -2.30. The number of carbonyl (C=O) groups excluding carboxylic acids is 18. The van der Waals surface area contributed by atoms with Gasteiger partial charge in [0.1, 0.15) is 64.7 Å². The summed E-state index contributed by atoms with van der Waals surface area (Å²) in [6.45, 7) is 24.4. The summed E-state index contributed by atoms with van der Waals surface area (Å²) in [6, 6.07) is 5.57. The zero-order valence-corrected chi connectivity index (χ0v) is 80.6. The topological polar surface area (TPSA) is 445 Å². The molecule has 0 aliphatic heterocycles. The van der Waals surface area contributed by atoms with E-state index in [0.29, 0.717) is 85.5 Å². The number of aromatic nitrogens is 1. The van der Waals surface area contributed by atoms with E-state index < -0.39 is 29.4 Å². The van der Waals surface area contributed by atoms with Crippen molar-refractivity contribution in [2.24, 2.45) is 66.2 Å². The Balaban J connectivity index is 0.000000498. The van der Waals surface area contributed by atoms with Crippen LogP contribution in [-0.2, 0) is 93.3 Å². The van der Waals surface area contributed by atoms with E-state index >= 15 is 0 Å². The van der Waals surface area contributed by atoms with E-state index in [1.807, 2.05) is 50.1 Å². The Morgan fingerprint density at radius 2 is 0.654 bits per heavy atom. The van der Waals surface area contributed by atoms with Crippen molar-refractivity contribution in [1.82, 2.24) is 42.5 Å². The lowest BCUT2D eigenvalue weighted by atomic mass is 9.82. The predicted molar refractivity (Wildman–Crippen MR) is 500 cm³/mol. The normalized spacial score (nSPS) is 26.4. The lowest BCUT2D eigenvalue weighted by molar-refractivity contribution is -0.671. The number of Topliss-reactive ketones (excluding diaryl/α,β-unsaturated/α-hetero) is 11. The Labute approximate surface area is 774 Å². The number of pyridine rings is 1. The van der Waals surface area contributed by atoms with Crippen LogP contribution in [0.25, 0.3) is 0 Å². The molecule has 130 heavy (non-hydrogen) atoms. The highest BCUT2D eigenvalue weighted by Gasteiger charge is 2.35. The summed E-state index contributed by atoms with van der Waals surface area (Å²) >= 11 is 0. The molecule has 29 heteroatoms. The maximum absolute atomic E-state index is 12.1. The number of nitrogens with one attached hydrogen (secondary N) is 8. The van der Waals surface area contributed by atoms with Gasteiger partial charge in [-0.1, -0.05) is 45.8 Å². The van der Waals surface area contributed by atoms with E-state index in [9.17, 15) is 91.1 Å². The first-order valence-electron chi connectivity index (χ1n) is 48.0. The van der Waals surface area contributed by atoms with Gasteiger partial charge in [0.25, 0.3) is 17.7 Å². The van der Waals surface area contributed by atoms with Gasteiger partial charge in [0.05, 0.1) is 5.92 Å². The summed E-state index contributed by atoms with van der Waals surface area (Å²) in [5.74, 6) is 1.44. The van der Waals surface area contributed by atoms with Crippen molar-refractivity contribution in [3.63, 3.8) is 0 Å². The zero-order valence-electron chi connectivity index (χ0n) is 80.6. The van der Waals surface area contributed by atoms with E-state index in [1.165, 1.54) is 46.1 Å². The summed E-state index contributed by atoms with van der Waals surface area (Å²) in [4.78, 5) is 211. The van der Waals surface area contributed by atoms with Crippen LogP contribution in [0.15, 0.2) is 36.7 Å². The van der Waals surface area contributed by atoms with Crippen molar-refractivity contribution in [2.45, 2.75) is 409 Å². The van der Waals surface area contributed by atoms with Gasteiger partial charge in [0.15, 0.2) is 12.4 Å². The van der Waals surface area contributed by atoms with E-state index in [0.717, 1.165) is 212 Å². The van der Waals surface area contributed by atoms with E-state index in [1.54, 1.807) is 55.4 Å². The van der Waals surface area contributed by atoms with Gasteiger partial charge in [0.2, 0.25) is 35.2 Å². The number of carboxylic acids is 1. The van der Waals surface area contributed by atoms with Crippen LogP contribution < -0.4 is 47.1 Å². The Kier molecular flexibility index (Phi) is 56.9. The molecule has 29 nitrogen and oxygen atoms in total. The molecule has 0 aromatic carbocycles. The molecule has 10 aliphatic rings. The summed E-state index contributed by atoms with van der Waals surface area (Å²) < 4.78 is 1.86. The average Bonchev–Trinajstić information content (AvgIpc) is 0.863. The number of allylic oxidation sites excluding steroid dienone is 1. The Morgan fingerprint density at radius 1 is 0.354 bits per heavy atom. The van der Waals surface area contributed by atoms with Gasteiger partial charge < -0.3 is 47.6 Å². The molecule has 6 atom stereocenters. The lowest BCUT2D eigenvalue weighted by Crippen LogP contribution is -2.43. The Bertz CT molecular complexity index is 3850. The minimum atomic E-state index is -0.646. The van der Waals surface area contributed by atoms with Crippen LogP contribution in [-0.4, -0.2) is 171 Å². The fourth-order valence-electron chi connectivity index (χ4n) is 18.7. The highest BCUT2D eigenvalue weighted by atomic mass is 16.4. The number of nitrogens with zero attached hydrogens (tertiary/aromatic N) is 1. The van der Waals surface area contributed by atoms with Gasteiger partial charge in [-0.05, 0) is 293 Å². The van der Waals surface area contributed by atoms with Crippen molar-refractivity contribution >= 4 is 111 Å². The van der Waals surface area contributed by atoms with E-state index in [-0.39, 0.29) is 155 Å². The molecule has 0 radical (unpaired) electrons. The zero-order chi connectivity index (χ0) is 96.6. The van der Waals surface area contributed by atoms with Crippen molar-refractivity contribution in [1.29, 1.82) is 0 Å². The van der Waals surface area contributed by atoms with Gasteiger partial charge in [-0.15, -0.1) is 0 Å². The smallest absolute Gasteiger partial charge is 0.306 e. The highest BCUT2D eigenvalue weighted by molar-refractivity contribution is 6.35. The highest BCUT2D eigenvalue weighted by Crippen LogP contribution is 2.33. The number of rotatable bonds is 22. The molecule has 10 fully saturated rings. The SMILES string of the molecule is C.C=C1CCC(C(=O)O)CC1.CC(=O)C(=O)NC1CCC(C(C)=O)CC1.CC(=O)C(=O)NC1CCCC(C(C)=O)C1.CC(=O)C1CCC(NC(=O)c2ccc[n+](C)c2)CC1.CC(=O)C1CCCC(NC(=O)C2CCC(=O)CC2)C1.CC(=O)NC1CCC(C(C)=O)CC1.CC(=O)NC1CCCC(C(C)=O)C1.CCC(=O)NC1CCC(C(C)=O)CC1.CNC1CCC(C(C)=O)CC1. The minimum Gasteiger partial charge on any atom is -0.481 e. The molecule has 0 spiro atoms. The molecule has 9 N–H and O–H groups in total. The molecular weight excluding hydrogens is 1660 g/mol. The monoisotopic (exact) mass is 1820 g/mol. The number of ketones is 11. The molecular formula is C101H164N9O20+. The van der Waals surface area contributed by atoms with Gasteiger partial charge in [-0.25, -0.2) is 4.57 Å². The molecule has 10 saturated carbocycles. The third kappa shape index (κ3) is 48.4. The molecule has 0 bridgehead atoms. The standard InChI is InChI=1S/C15H20N2O2.C15H23NO3.2C11H17NO3.C11H19NO2.2C10H17NO2.C9H17NO.C8H12O2.CH4/c1-11(18)12-5-7-14(8-6-12)16-15(19)13-4-3-9-17(2)10-13;1-10(17)12-3-2-4-13(9-12)16-15(19)11-5-7-14(18)8-6-11;1-7(13)9-3-5-10(6-4-9)12-11(15)8(2)14;1-7(13)9-4-3-5-10(6-9)12-11(15)8(2)14;1-3-11(14)12-10-6-4-9(5-7-10)8(2)13;1-7(12)9-3-5-10(6-4-9)11-8(2)13;1-7(12)9-4-3-5-10(6-9)11-8(2)13;1-7(11)8-3-5-9(10-2)6-4-8;1-6-2-4-7(5-3-6)8(9)10;/h3-4,9-10,12,14H,5-8H2,1-2H3;11-13H,2-9H2,1H3,(H,16,19);2*9-10H,3-6H2,1-2H3,(H,12,15);9-10H,3-7H2,1-2H3,(H,12,14);2*9-10H,3-6H2,1-2H3,(H,11,13);8-10H,3-6H2,1-2H3;7H,1-5H2,(H,9,10);1H4/p+1. The summed E-state index contributed by atoms with van der Waals surface area (Å²) in [6.07, 6.45) is 39.9. The maximum atomic E-state index is 12.1. The second-order valence-corrected chi connectivity index (χ2v) is 37.9. The minimum absolute atomic E-state index is 0. The average molecular weight is 1820 g/mol. The Hall–Kier alpha value is -9.02. The largest absolute Gasteiger partial charge is 0.481 e. The first-order valence-corrected chi connectivity index (χ1v) is 48.0. The van der Waals surface area contributed by atoms with Gasteiger partial charge in [-0.3, -0.25) is 91.1 Å². The molecule has 7 amide bonds. The molecule has 10 aliphatic carbocycles. The van der Waals surface area contributed by atoms with Gasteiger partial charge >= 0.3 is 5.97 Å². The van der Waals surface area contributed by atoms with E-state index in [4.69, 9.17) is 5.11 Å². The van der Waals surface area contributed by atoms with Crippen molar-refractivity contribution in [2.75, 3.05) is 7.05 Å². The van der Waals surface area contributed by atoms with Gasteiger partial charge in [0, 0.05) is 155 Å². The molecule has 11 rings (SSSR count). The third-order valence-electron chi connectivity index (χ3n) is 27.3. The number of carbonyl (C=O) groups is 19. The summed E-state index contributed by atoms with van der Waals surface area (Å²) in [5.41, 5.74) is 1.89. The fourth-order valence-corrected chi connectivity index (χ4v) is 18.7. The van der Waals surface area contributed by atoms with Crippen LogP contribution in [0.3, 0.4) is 0 Å². The number of aliphatic carboxylic acids is 1. The number of aryl methyl sites for hydroxylation is 1. The molecule has 1 aromatic rings. The summed E-state index contributed by atoms with van der Waals surface area (Å²) in [5, 5.41) is 32.1. The number of hydrogen-bond donors (Lipinski definition) is 9. The molecule has 1 heterocycles. The van der Waals surface area contributed by atoms with Crippen LogP contribution >= 0.6 is 0 Å². The second-order valence-electron chi connectivity index (χ2n) is 37.9.